The minimum Gasteiger partial charge on any atom is -0.512 e. The smallest absolute Gasteiger partial charge is 0.355 e. The summed E-state index contributed by atoms with van der Waals surface area (Å²) in [4.78, 5) is 41.2. The predicted molar refractivity (Wildman–Crippen MR) is 93.3 cm³/mol. The number of allylic oxidation sites excluding steroid dienone is 1. The molecule has 132 valence electrons. The number of benzene rings is 1. The van der Waals surface area contributed by atoms with Crippen LogP contribution in [0.2, 0.25) is 10.0 Å². The van der Waals surface area contributed by atoms with E-state index in [4.69, 9.17) is 27.9 Å². The number of hydrogen-bond acceptors (Lipinski definition) is 5. The molecule has 0 saturated heterocycles. The highest BCUT2D eigenvalue weighted by atomic mass is 35.5. The Kier molecular flexibility index (Phi) is 5.49. The molecule has 1 N–H and O–H groups in total. The fraction of sp³-hybridized carbons (Fsp3) is 0.250. The van der Waals surface area contributed by atoms with E-state index in [1.807, 2.05) is 0 Å². The molecule has 0 radical (unpaired) electrons. The average Bonchev–Trinajstić information content (AvgIpc) is 2.71. The Bertz CT molecular complexity index is 806. The number of aliphatic hydroxyl groups is 1. The molecule has 0 fully saturated rings. The second-order valence-corrected chi connectivity index (χ2v) is 6.30. The van der Waals surface area contributed by atoms with E-state index in [0.29, 0.717) is 4.90 Å². The van der Waals surface area contributed by atoms with Crippen LogP contribution in [0.25, 0.3) is 0 Å². The lowest BCUT2D eigenvalue weighted by Gasteiger charge is -2.15. The SMILES string of the molecule is CC(O)=C(C(=O)OC(C)C)C1=NC(=O)N(c2cc(Cl)cc(Cl)c2)C1=O. The van der Waals surface area contributed by atoms with Crippen molar-refractivity contribution in [1.82, 2.24) is 0 Å². The largest absolute Gasteiger partial charge is 0.512 e. The maximum Gasteiger partial charge on any atom is 0.355 e. The number of aliphatic imine (C=N–C) groups is 1. The molecule has 1 aliphatic rings. The zero-order chi connectivity index (χ0) is 18.9. The molecule has 25 heavy (non-hydrogen) atoms. The van der Waals surface area contributed by atoms with Crippen LogP contribution in [-0.2, 0) is 14.3 Å². The van der Waals surface area contributed by atoms with Crippen LogP contribution in [0.4, 0.5) is 10.5 Å². The Morgan fingerprint density at radius 2 is 1.76 bits per heavy atom. The van der Waals surface area contributed by atoms with Gasteiger partial charge in [-0.2, -0.15) is 4.99 Å². The van der Waals surface area contributed by atoms with Crippen LogP contribution in [0.3, 0.4) is 0 Å². The van der Waals surface area contributed by atoms with Gasteiger partial charge in [0.1, 0.15) is 11.3 Å². The molecule has 0 aliphatic carbocycles. The van der Waals surface area contributed by atoms with E-state index >= 15 is 0 Å². The normalized spacial score (nSPS) is 15.4. The van der Waals surface area contributed by atoms with Gasteiger partial charge in [0.25, 0.3) is 5.91 Å². The van der Waals surface area contributed by atoms with Crippen molar-refractivity contribution in [3.8, 4) is 0 Å². The van der Waals surface area contributed by atoms with Crippen molar-refractivity contribution in [3.63, 3.8) is 0 Å². The summed E-state index contributed by atoms with van der Waals surface area (Å²) in [7, 11) is 0. The third kappa shape index (κ3) is 4.00. The molecule has 0 saturated carbocycles. The Balaban J connectivity index is 2.43. The number of hydrogen-bond donors (Lipinski definition) is 1. The van der Waals surface area contributed by atoms with Gasteiger partial charge in [0, 0.05) is 10.0 Å². The van der Waals surface area contributed by atoms with Gasteiger partial charge in [0.05, 0.1) is 11.8 Å². The number of rotatable bonds is 4. The molecular formula is C16H14Cl2N2O5. The second-order valence-electron chi connectivity index (χ2n) is 5.43. The molecule has 9 heteroatoms. The molecule has 1 aromatic carbocycles. The van der Waals surface area contributed by atoms with Gasteiger partial charge in [-0.05, 0) is 39.0 Å². The Morgan fingerprint density at radius 1 is 1.20 bits per heavy atom. The van der Waals surface area contributed by atoms with Gasteiger partial charge in [0.2, 0.25) is 0 Å². The second kappa shape index (κ2) is 7.25. The fourth-order valence-corrected chi connectivity index (χ4v) is 2.65. The third-order valence-corrected chi connectivity index (χ3v) is 3.49. The number of aliphatic hydroxyl groups excluding tert-OH is 1. The Labute approximate surface area is 153 Å². The van der Waals surface area contributed by atoms with Crippen molar-refractivity contribution >= 4 is 52.5 Å². The maximum absolute atomic E-state index is 12.6. The first-order valence-corrected chi connectivity index (χ1v) is 7.91. The molecule has 0 unspecified atom stereocenters. The Morgan fingerprint density at radius 3 is 2.24 bits per heavy atom. The van der Waals surface area contributed by atoms with Gasteiger partial charge in [-0.25, -0.2) is 14.5 Å². The molecule has 0 spiro atoms. The van der Waals surface area contributed by atoms with E-state index in [9.17, 15) is 19.5 Å². The van der Waals surface area contributed by atoms with Crippen LogP contribution < -0.4 is 4.90 Å². The first kappa shape index (κ1) is 19.0. The van der Waals surface area contributed by atoms with Crippen LogP contribution in [0.15, 0.2) is 34.5 Å². The first-order valence-electron chi connectivity index (χ1n) is 7.16. The van der Waals surface area contributed by atoms with E-state index in [-0.39, 0.29) is 15.7 Å². The number of urea groups is 1. The molecule has 3 amide bonds. The number of carbonyl (C=O) groups is 3. The molecule has 7 nitrogen and oxygen atoms in total. The number of amides is 3. The molecule has 1 heterocycles. The maximum atomic E-state index is 12.6. The highest BCUT2D eigenvalue weighted by Gasteiger charge is 2.40. The molecule has 1 aromatic rings. The lowest BCUT2D eigenvalue weighted by Crippen LogP contribution is -2.35. The average molecular weight is 385 g/mol. The molecule has 0 atom stereocenters. The monoisotopic (exact) mass is 384 g/mol. The standard InChI is InChI=1S/C16H14Cl2N2O5/c1-7(2)25-15(23)12(8(3)21)13-14(22)20(16(24)19-13)11-5-9(17)4-10(18)6-11/h4-7,21H,1-3H3. The van der Waals surface area contributed by atoms with Crippen LogP contribution in [0, 0.1) is 0 Å². The quantitative estimate of drug-likeness (QED) is 0.485. The summed E-state index contributed by atoms with van der Waals surface area (Å²) in [5.74, 6) is -2.34. The number of carbonyl (C=O) groups excluding carboxylic acids is 3. The molecular weight excluding hydrogens is 371 g/mol. The Hall–Kier alpha value is -2.38. The number of ether oxygens (including phenoxy) is 1. The van der Waals surface area contributed by atoms with Crippen molar-refractivity contribution in [3.05, 3.63) is 39.6 Å². The van der Waals surface area contributed by atoms with Crippen LogP contribution in [0.5, 0.6) is 0 Å². The summed E-state index contributed by atoms with van der Waals surface area (Å²) in [5, 5.41) is 10.2. The topological polar surface area (TPSA) is 96.3 Å². The van der Waals surface area contributed by atoms with Gasteiger partial charge in [-0.1, -0.05) is 23.2 Å². The van der Waals surface area contributed by atoms with Crippen molar-refractivity contribution < 1.29 is 24.2 Å². The summed E-state index contributed by atoms with van der Waals surface area (Å²) >= 11 is 11.8. The highest BCUT2D eigenvalue weighted by molar-refractivity contribution is 6.61. The van der Waals surface area contributed by atoms with Gasteiger partial charge in [-0.15, -0.1) is 0 Å². The fourth-order valence-electron chi connectivity index (χ4n) is 2.13. The molecule has 0 bridgehead atoms. The number of halogens is 2. The molecule has 1 aliphatic heterocycles. The van der Waals surface area contributed by atoms with Gasteiger partial charge < -0.3 is 9.84 Å². The van der Waals surface area contributed by atoms with Gasteiger partial charge >= 0.3 is 12.0 Å². The summed E-state index contributed by atoms with van der Waals surface area (Å²) in [6.07, 6.45) is -0.488. The minimum atomic E-state index is -0.958. The summed E-state index contributed by atoms with van der Waals surface area (Å²) in [6, 6.07) is 3.20. The van der Waals surface area contributed by atoms with Crippen LogP contribution >= 0.6 is 23.2 Å². The minimum absolute atomic E-state index is 0.0958. The van der Waals surface area contributed by atoms with Crippen LogP contribution in [0.1, 0.15) is 20.8 Å². The third-order valence-electron chi connectivity index (χ3n) is 3.06. The van der Waals surface area contributed by atoms with E-state index in [1.165, 1.54) is 25.1 Å². The zero-order valence-corrected chi connectivity index (χ0v) is 15.1. The van der Waals surface area contributed by atoms with E-state index < -0.39 is 41.1 Å². The van der Waals surface area contributed by atoms with Crippen molar-refractivity contribution in [1.29, 1.82) is 0 Å². The summed E-state index contributed by atoms with van der Waals surface area (Å²) < 4.78 is 4.99. The summed E-state index contributed by atoms with van der Waals surface area (Å²) in [5.41, 5.74) is -0.882. The first-order chi connectivity index (χ1) is 11.6. The van der Waals surface area contributed by atoms with Gasteiger partial charge in [-0.3, -0.25) is 4.79 Å². The number of anilines is 1. The highest BCUT2D eigenvalue weighted by Crippen LogP contribution is 2.29. The predicted octanol–water partition coefficient (Wildman–Crippen LogP) is 3.68. The zero-order valence-electron chi connectivity index (χ0n) is 13.5. The lowest BCUT2D eigenvalue weighted by atomic mass is 10.1. The number of imide groups is 1. The lowest BCUT2D eigenvalue weighted by molar-refractivity contribution is -0.142. The molecule has 2 rings (SSSR count). The van der Waals surface area contributed by atoms with Gasteiger partial charge in [0.15, 0.2) is 5.71 Å². The van der Waals surface area contributed by atoms with E-state index in [1.54, 1.807) is 13.8 Å². The molecule has 0 aromatic heterocycles. The van der Waals surface area contributed by atoms with E-state index in [2.05, 4.69) is 4.99 Å². The number of nitrogens with zero attached hydrogens (tertiary/aromatic N) is 2. The number of esters is 1. The van der Waals surface area contributed by atoms with E-state index in [0.717, 1.165) is 0 Å². The van der Waals surface area contributed by atoms with Crippen molar-refractivity contribution in [2.75, 3.05) is 4.90 Å². The van der Waals surface area contributed by atoms with Crippen molar-refractivity contribution in [2.45, 2.75) is 26.9 Å². The van der Waals surface area contributed by atoms with Crippen molar-refractivity contribution in [2.24, 2.45) is 4.99 Å². The summed E-state index contributed by atoms with van der Waals surface area (Å²) in [6.45, 7) is 4.40. The van der Waals surface area contributed by atoms with Crippen LogP contribution in [-0.4, -0.2) is 34.8 Å².